The average molecular weight is 507 g/mol. The Bertz CT molecular complexity index is 1290. The lowest BCUT2D eigenvalue weighted by molar-refractivity contribution is 0.0989. The van der Waals surface area contributed by atoms with Crippen molar-refractivity contribution in [1.82, 2.24) is 20.1 Å². The molecule has 3 fully saturated rings. The maximum Gasteiger partial charge on any atom is 0.197 e. The first kappa shape index (κ1) is 23.6. The normalized spacial score (nSPS) is 32.1. The number of para-hydroxylation sites is 1. The molecule has 6 atom stereocenters. The van der Waals surface area contributed by atoms with Gasteiger partial charge in [-0.05, 0) is 81.0 Å². The minimum Gasteiger partial charge on any atom is -0.494 e. The minimum absolute atomic E-state index is 0.0592. The van der Waals surface area contributed by atoms with Gasteiger partial charge in [-0.3, -0.25) is 4.57 Å². The quantitative estimate of drug-likeness (QED) is 0.352. The van der Waals surface area contributed by atoms with E-state index in [1.54, 1.807) is 4.57 Å². The Labute approximate surface area is 217 Å². The first-order chi connectivity index (χ1) is 18.0. The summed E-state index contributed by atoms with van der Waals surface area (Å²) < 4.78 is 7.34. The molecule has 8 heteroatoms. The van der Waals surface area contributed by atoms with E-state index in [2.05, 4.69) is 34.6 Å². The zero-order valence-electron chi connectivity index (χ0n) is 21.5. The van der Waals surface area contributed by atoms with Crippen LogP contribution in [0.15, 0.2) is 28.8 Å². The summed E-state index contributed by atoms with van der Waals surface area (Å²) in [6, 6.07) is 8.10. The number of fused-ring (bicyclic) bond motifs is 6. The third-order valence-corrected chi connectivity index (χ3v) is 10.4. The molecular formula is C29H38N4O4. The summed E-state index contributed by atoms with van der Waals surface area (Å²) >= 11 is 0. The average Bonchev–Trinajstić information content (AvgIpc) is 3.72. The largest absolute Gasteiger partial charge is 0.494 e. The third kappa shape index (κ3) is 3.63. The number of aromatic hydroxyl groups is 2. The molecule has 3 heterocycles. The molecular weight excluding hydrogens is 468 g/mol. The van der Waals surface area contributed by atoms with Gasteiger partial charge in [-0.1, -0.05) is 30.6 Å². The number of hydroxylamine groups is 1. The van der Waals surface area contributed by atoms with Gasteiger partial charge < -0.3 is 24.8 Å². The Morgan fingerprint density at radius 1 is 0.973 bits per heavy atom. The van der Waals surface area contributed by atoms with Gasteiger partial charge in [0.15, 0.2) is 17.3 Å². The number of rotatable bonds is 6. The summed E-state index contributed by atoms with van der Waals surface area (Å²) in [7, 11) is 0. The molecule has 2 bridgehead atoms. The maximum absolute atomic E-state index is 11.2. The highest BCUT2D eigenvalue weighted by molar-refractivity contribution is 5.79. The smallest absolute Gasteiger partial charge is 0.197 e. The van der Waals surface area contributed by atoms with E-state index < -0.39 is 0 Å². The topological polar surface area (TPSA) is 107 Å². The van der Waals surface area contributed by atoms with Crippen molar-refractivity contribution in [1.29, 1.82) is 0 Å². The number of nitrogens with one attached hydrogen (secondary N) is 1. The van der Waals surface area contributed by atoms with Gasteiger partial charge in [0.1, 0.15) is 0 Å². The fourth-order valence-corrected chi connectivity index (χ4v) is 8.42. The highest BCUT2D eigenvalue weighted by atomic mass is 16.5. The molecule has 1 saturated heterocycles. The van der Waals surface area contributed by atoms with Crippen LogP contribution in [0, 0.1) is 17.8 Å². The second-order valence-corrected chi connectivity index (χ2v) is 12.1. The number of nitrogens with zero attached hydrogens (tertiary/aromatic N) is 3. The number of hydrogen-bond donors (Lipinski definition) is 4. The zero-order chi connectivity index (χ0) is 25.3. The molecule has 6 unspecified atom stereocenters. The Kier molecular flexibility index (Phi) is 5.75. The molecule has 4 N–H and O–H groups in total. The highest BCUT2D eigenvalue weighted by Crippen LogP contribution is 2.62. The van der Waals surface area contributed by atoms with Gasteiger partial charge in [0, 0.05) is 47.5 Å². The molecule has 2 saturated carbocycles. The van der Waals surface area contributed by atoms with Gasteiger partial charge in [0.25, 0.3) is 0 Å². The number of benzene rings is 1. The Hall–Kier alpha value is -2.55. The Balaban J connectivity index is 1.02. The van der Waals surface area contributed by atoms with Crippen molar-refractivity contribution in [2.75, 3.05) is 19.6 Å². The first-order valence-electron chi connectivity index (χ1n) is 14.2. The number of likely N-dealkylation sites (tertiary alicyclic amines) is 1. The molecule has 8 nitrogen and oxygen atoms in total. The van der Waals surface area contributed by atoms with Gasteiger partial charge in [-0.25, -0.2) is 5.48 Å². The predicted octanol–water partition coefficient (Wildman–Crippen LogP) is 4.90. The number of hydrogen-bond acceptors (Lipinski definition) is 7. The van der Waals surface area contributed by atoms with E-state index in [9.17, 15) is 15.4 Å². The fraction of sp³-hybridized carbons (Fsp3) is 0.621. The van der Waals surface area contributed by atoms with Crippen molar-refractivity contribution in [3.63, 3.8) is 0 Å². The summed E-state index contributed by atoms with van der Waals surface area (Å²) in [4.78, 5) is 2.61. The zero-order valence-corrected chi connectivity index (χ0v) is 21.5. The summed E-state index contributed by atoms with van der Waals surface area (Å²) in [5.41, 5.74) is 6.26. The Morgan fingerprint density at radius 3 is 2.43 bits per heavy atom. The summed E-state index contributed by atoms with van der Waals surface area (Å²) in [6.45, 7) is 6.01. The van der Waals surface area contributed by atoms with Crippen LogP contribution in [0.4, 0.5) is 0 Å². The van der Waals surface area contributed by atoms with Crippen molar-refractivity contribution >= 4 is 11.0 Å². The molecule has 3 aromatic rings. The molecule has 2 aromatic heterocycles. The highest BCUT2D eigenvalue weighted by Gasteiger charge is 2.53. The van der Waals surface area contributed by atoms with Crippen LogP contribution in [0.25, 0.3) is 11.0 Å². The van der Waals surface area contributed by atoms with Crippen molar-refractivity contribution < 1.29 is 19.9 Å². The molecule has 0 spiro atoms. The van der Waals surface area contributed by atoms with E-state index in [4.69, 9.17) is 4.52 Å². The molecule has 0 radical (unpaired) electrons. The van der Waals surface area contributed by atoms with Gasteiger partial charge in [0.05, 0.1) is 5.69 Å². The van der Waals surface area contributed by atoms with Crippen molar-refractivity contribution in [3.8, 4) is 11.8 Å². The third-order valence-electron chi connectivity index (χ3n) is 10.4. The minimum atomic E-state index is -0.0592. The molecule has 4 aliphatic rings. The molecule has 7 rings (SSSR count). The second kappa shape index (κ2) is 9.03. The molecule has 37 heavy (non-hydrogen) atoms. The molecule has 1 aromatic carbocycles. The molecule has 198 valence electrons. The standard InChI is InChI=1S/C29H38N4O4/c1-16-21-13-22(26(16)30-36)25-24(21)28(34)33(29(25)35)15-19-6-4-5-18(19)14-32-11-9-17(10-12-32)27-20-7-2-3-8-23(20)37-31-27/h2-3,7-8,16-19,21-22,26,30,34-36H,4-6,9-15H2,1H3. The van der Waals surface area contributed by atoms with Crippen LogP contribution in [0.5, 0.6) is 11.8 Å². The molecule has 1 aliphatic heterocycles. The van der Waals surface area contributed by atoms with E-state index in [0.717, 1.165) is 73.1 Å². The van der Waals surface area contributed by atoms with E-state index in [1.165, 1.54) is 12.8 Å². The van der Waals surface area contributed by atoms with Crippen molar-refractivity contribution in [2.45, 2.75) is 75.8 Å². The van der Waals surface area contributed by atoms with Crippen molar-refractivity contribution in [3.05, 3.63) is 41.1 Å². The van der Waals surface area contributed by atoms with Gasteiger partial charge in [0.2, 0.25) is 0 Å². The van der Waals surface area contributed by atoms with Crippen LogP contribution < -0.4 is 5.48 Å². The molecule has 0 amide bonds. The lowest BCUT2D eigenvalue weighted by Crippen LogP contribution is -2.38. The number of piperidine rings is 1. The van der Waals surface area contributed by atoms with Crippen LogP contribution >= 0.6 is 0 Å². The maximum atomic E-state index is 11.2. The molecule has 3 aliphatic carbocycles. The van der Waals surface area contributed by atoms with Crippen LogP contribution in [-0.2, 0) is 6.54 Å². The van der Waals surface area contributed by atoms with E-state index >= 15 is 0 Å². The lowest BCUT2D eigenvalue weighted by atomic mass is 9.83. The second-order valence-electron chi connectivity index (χ2n) is 12.1. The summed E-state index contributed by atoms with van der Waals surface area (Å²) in [5, 5.41) is 37.6. The first-order valence-corrected chi connectivity index (χ1v) is 14.2. The van der Waals surface area contributed by atoms with E-state index in [-0.39, 0.29) is 35.6 Å². The summed E-state index contributed by atoms with van der Waals surface area (Å²) in [5.74, 6) is 2.44. The van der Waals surface area contributed by atoms with Gasteiger partial charge >= 0.3 is 0 Å². The Morgan fingerprint density at radius 2 is 1.68 bits per heavy atom. The van der Waals surface area contributed by atoms with Gasteiger partial charge in [-0.2, -0.15) is 0 Å². The lowest BCUT2D eigenvalue weighted by Gasteiger charge is -2.34. The SMILES string of the molecule is CC1C2CC(c3c2c(O)n(CC2CCCC2CN2CCC(c4noc5ccccc45)CC2)c3O)C1NO. The van der Waals surface area contributed by atoms with Gasteiger partial charge in [-0.15, -0.1) is 0 Å². The van der Waals surface area contributed by atoms with Crippen LogP contribution in [0.1, 0.15) is 80.0 Å². The van der Waals surface area contributed by atoms with Crippen LogP contribution in [-0.4, -0.2) is 55.7 Å². The summed E-state index contributed by atoms with van der Waals surface area (Å²) in [6.07, 6.45) is 6.63. The van der Waals surface area contributed by atoms with E-state index in [1.807, 2.05) is 12.1 Å². The van der Waals surface area contributed by atoms with E-state index in [0.29, 0.717) is 24.3 Å². The monoisotopic (exact) mass is 506 g/mol. The fourth-order valence-electron chi connectivity index (χ4n) is 8.42. The van der Waals surface area contributed by atoms with Crippen molar-refractivity contribution in [2.24, 2.45) is 17.8 Å². The van der Waals surface area contributed by atoms with Crippen LogP contribution in [0.2, 0.25) is 0 Å². The van der Waals surface area contributed by atoms with Crippen LogP contribution in [0.3, 0.4) is 0 Å². The number of aromatic nitrogens is 2. The predicted molar refractivity (Wildman–Crippen MR) is 139 cm³/mol.